The van der Waals surface area contributed by atoms with E-state index in [1.807, 2.05) is 18.2 Å². The van der Waals surface area contributed by atoms with Crippen LogP contribution in [0.1, 0.15) is 38.2 Å². The topological polar surface area (TPSA) is 18.5 Å². The van der Waals surface area contributed by atoms with Gasteiger partial charge in [-0.05, 0) is 44.7 Å². The lowest BCUT2D eigenvalue weighted by Gasteiger charge is -2.32. The molecular formula is C18H24O2. The molecule has 2 rings (SSSR count). The number of rotatable bonds is 4. The number of hydrogen-bond acceptors (Lipinski definition) is 2. The van der Waals surface area contributed by atoms with Gasteiger partial charge >= 0.3 is 0 Å². The second kappa shape index (κ2) is 6.17. The normalized spacial score (nSPS) is 22.1. The highest BCUT2D eigenvalue weighted by Crippen LogP contribution is 2.46. The van der Waals surface area contributed by atoms with Gasteiger partial charge in [0, 0.05) is 11.5 Å². The molecule has 0 aliphatic heterocycles. The quantitative estimate of drug-likeness (QED) is 0.738. The Morgan fingerprint density at radius 1 is 1.20 bits per heavy atom. The largest absolute Gasteiger partial charge is 0.496 e. The van der Waals surface area contributed by atoms with Crippen LogP contribution in [0.4, 0.5) is 0 Å². The molecule has 0 radical (unpaired) electrons. The fourth-order valence-corrected chi connectivity index (χ4v) is 3.11. The number of benzene rings is 1. The molecule has 2 nitrogen and oxygen atoms in total. The minimum Gasteiger partial charge on any atom is -0.496 e. The van der Waals surface area contributed by atoms with E-state index in [2.05, 4.69) is 26.5 Å². The average Bonchev–Trinajstić information content (AvgIpc) is 2.45. The molecule has 0 saturated carbocycles. The first-order chi connectivity index (χ1) is 9.58. The molecule has 0 amide bonds. The Morgan fingerprint density at radius 2 is 1.80 bits per heavy atom. The third kappa shape index (κ3) is 2.74. The Bertz CT molecular complexity index is 506. The highest BCUT2D eigenvalue weighted by atomic mass is 16.5. The van der Waals surface area contributed by atoms with Crippen LogP contribution >= 0.6 is 0 Å². The SMILES string of the molecule is C=C(C)[C@@H]1CCC(C)=C[C@H]1c1c(OC)cccc1OC. The second-order valence-electron chi connectivity index (χ2n) is 5.61. The van der Waals surface area contributed by atoms with E-state index in [9.17, 15) is 0 Å². The third-order valence-corrected chi connectivity index (χ3v) is 4.18. The molecule has 0 saturated heterocycles. The predicted octanol–water partition coefficient (Wildman–Crippen LogP) is 4.72. The lowest BCUT2D eigenvalue weighted by atomic mass is 9.74. The molecule has 0 heterocycles. The van der Waals surface area contributed by atoms with Gasteiger partial charge < -0.3 is 9.47 Å². The van der Waals surface area contributed by atoms with E-state index in [1.165, 1.54) is 11.1 Å². The molecule has 1 aromatic rings. The number of ether oxygens (including phenoxy) is 2. The van der Waals surface area contributed by atoms with Gasteiger partial charge in [-0.25, -0.2) is 0 Å². The summed E-state index contributed by atoms with van der Waals surface area (Å²) < 4.78 is 11.1. The molecule has 1 aliphatic rings. The number of methoxy groups -OCH3 is 2. The van der Waals surface area contributed by atoms with Crippen LogP contribution < -0.4 is 9.47 Å². The van der Waals surface area contributed by atoms with Gasteiger partial charge in [0.05, 0.1) is 14.2 Å². The molecule has 20 heavy (non-hydrogen) atoms. The number of hydrogen-bond donors (Lipinski definition) is 0. The summed E-state index contributed by atoms with van der Waals surface area (Å²) in [5, 5.41) is 0. The minimum atomic E-state index is 0.285. The monoisotopic (exact) mass is 272 g/mol. The molecular weight excluding hydrogens is 248 g/mol. The van der Waals surface area contributed by atoms with Crippen LogP contribution in [0.15, 0.2) is 42.0 Å². The molecule has 0 aromatic heterocycles. The Hall–Kier alpha value is -1.70. The highest BCUT2D eigenvalue weighted by Gasteiger charge is 2.30. The molecule has 0 fully saturated rings. The summed E-state index contributed by atoms with van der Waals surface area (Å²) in [4.78, 5) is 0. The maximum Gasteiger partial charge on any atom is 0.126 e. The van der Waals surface area contributed by atoms with Crippen molar-refractivity contribution >= 4 is 0 Å². The van der Waals surface area contributed by atoms with E-state index >= 15 is 0 Å². The van der Waals surface area contributed by atoms with Gasteiger partial charge in [-0.2, -0.15) is 0 Å². The van der Waals surface area contributed by atoms with Crippen molar-refractivity contribution in [1.82, 2.24) is 0 Å². The predicted molar refractivity (Wildman–Crippen MR) is 83.6 cm³/mol. The van der Waals surface area contributed by atoms with Crippen molar-refractivity contribution in [2.24, 2.45) is 5.92 Å². The average molecular weight is 272 g/mol. The lowest BCUT2D eigenvalue weighted by molar-refractivity contribution is 0.369. The van der Waals surface area contributed by atoms with E-state index in [0.29, 0.717) is 5.92 Å². The Labute approximate surface area is 122 Å². The van der Waals surface area contributed by atoms with Crippen LogP contribution in [0, 0.1) is 5.92 Å². The zero-order chi connectivity index (χ0) is 14.7. The van der Waals surface area contributed by atoms with Gasteiger partial charge in [0.15, 0.2) is 0 Å². The summed E-state index contributed by atoms with van der Waals surface area (Å²) in [5.74, 6) is 2.52. The second-order valence-corrected chi connectivity index (χ2v) is 5.61. The van der Waals surface area contributed by atoms with Crippen LogP contribution in [0.3, 0.4) is 0 Å². The fraction of sp³-hybridized carbons (Fsp3) is 0.444. The molecule has 0 N–H and O–H groups in total. The zero-order valence-corrected chi connectivity index (χ0v) is 12.9. The standard InChI is InChI=1S/C18H24O2/c1-12(2)14-10-9-13(3)11-15(14)18-16(19-4)7-6-8-17(18)20-5/h6-8,11,14-15H,1,9-10H2,2-5H3/t14-,15+/m0/s1. The molecule has 0 spiro atoms. The Morgan fingerprint density at radius 3 is 2.30 bits per heavy atom. The molecule has 0 unspecified atom stereocenters. The van der Waals surface area contributed by atoms with Crippen molar-refractivity contribution in [2.75, 3.05) is 14.2 Å². The minimum absolute atomic E-state index is 0.285. The Kier molecular flexibility index (Phi) is 4.53. The summed E-state index contributed by atoms with van der Waals surface area (Å²) >= 11 is 0. The van der Waals surface area contributed by atoms with Crippen LogP contribution in [0.2, 0.25) is 0 Å². The van der Waals surface area contributed by atoms with Gasteiger partial charge in [0.1, 0.15) is 11.5 Å². The van der Waals surface area contributed by atoms with Crippen molar-refractivity contribution in [3.8, 4) is 11.5 Å². The van der Waals surface area contributed by atoms with Crippen molar-refractivity contribution < 1.29 is 9.47 Å². The zero-order valence-electron chi connectivity index (χ0n) is 12.9. The summed E-state index contributed by atoms with van der Waals surface area (Å²) in [6.07, 6.45) is 4.64. The van der Waals surface area contributed by atoms with Crippen molar-refractivity contribution in [3.63, 3.8) is 0 Å². The van der Waals surface area contributed by atoms with Crippen molar-refractivity contribution in [3.05, 3.63) is 47.6 Å². The third-order valence-electron chi connectivity index (χ3n) is 4.18. The van der Waals surface area contributed by atoms with Crippen LogP contribution in [0.5, 0.6) is 11.5 Å². The van der Waals surface area contributed by atoms with Crippen LogP contribution in [0.25, 0.3) is 0 Å². The Balaban J connectivity index is 2.56. The first-order valence-electron chi connectivity index (χ1n) is 7.12. The van der Waals surface area contributed by atoms with Crippen molar-refractivity contribution in [1.29, 1.82) is 0 Å². The molecule has 1 aromatic carbocycles. The van der Waals surface area contributed by atoms with Gasteiger partial charge in [0.25, 0.3) is 0 Å². The summed E-state index contributed by atoms with van der Waals surface area (Å²) in [5.41, 5.74) is 3.80. The fourth-order valence-electron chi connectivity index (χ4n) is 3.11. The molecule has 0 bridgehead atoms. The first-order valence-corrected chi connectivity index (χ1v) is 7.12. The van der Waals surface area contributed by atoms with Gasteiger partial charge in [-0.3, -0.25) is 0 Å². The molecule has 2 heteroatoms. The van der Waals surface area contributed by atoms with E-state index in [4.69, 9.17) is 9.47 Å². The van der Waals surface area contributed by atoms with Crippen molar-refractivity contribution in [2.45, 2.75) is 32.6 Å². The van der Waals surface area contributed by atoms with Gasteiger partial charge in [-0.15, -0.1) is 0 Å². The van der Waals surface area contributed by atoms with Gasteiger partial charge in [-0.1, -0.05) is 29.9 Å². The van der Waals surface area contributed by atoms with Gasteiger partial charge in [0.2, 0.25) is 0 Å². The molecule has 108 valence electrons. The maximum atomic E-state index is 5.57. The summed E-state index contributed by atoms with van der Waals surface area (Å²) in [6.45, 7) is 8.50. The van der Waals surface area contributed by atoms with E-state index in [1.54, 1.807) is 14.2 Å². The molecule has 2 atom stereocenters. The van der Waals surface area contributed by atoms with Crippen LogP contribution in [-0.4, -0.2) is 14.2 Å². The lowest BCUT2D eigenvalue weighted by Crippen LogP contribution is -2.18. The molecule has 1 aliphatic carbocycles. The maximum absolute atomic E-state index is 5.57. The highest BCUT2D eigenvalue weighted by molar-refractivity contribution is 5.50. The first kappa shape index (κ1) is 14.7. The van der Waals surface area contributed by atoms with E-state index in [0.717, 1.165) is 29.9 Å². The van der Waals surface area contributed by atoms with E-state index in [-0.39, 0.29) is 5.92 Å². The smallest absolute Gasteiger partial charge is 0.126 e. The van der Waals surface area contributed by atoms with Crippen LogP contribution in [-0.2, 0) is 0 Å². The summed E-state index contributed by atoms with van der Waals surface area (Å²) in [6, 6.07) is 5.98. The number of allylic oxidation sites excluding steroid dienone is 3. The van der Waals surface area contributed by atoms with E-state index < -0.39 is 0 Å². The summed E-state index contributed by atoms with van der Waals surface area (Å²) in [7, 11) is 3.43.